The van der Waals surface area contributed by atoms with Gasteiger partial charge in [-0.2, -0.15) is 0 Å². The van der Waals surface area contributed by atoms with Crippen molar-refractivity contribution in [1.29, 1.82) is 0 Å². The fourth-order valence-electron chi connectivity index (χ4n) is 2.00. The maximum Gasteiger partial charge on any atom is 0.226 e. The molecule has 0 saturated carbocycles. The van der Waals surface area contributed by atoms with Crippen LogP contribution in [0.1, 0.15) is 18.4 Å². The maximum absolute atomic E-state index is 11.9. The molecule has 1 aliphatic heterocycles. The van der Waals surface area contributed by atoms with E-state index in [1.807, 2.05) is 4.90 Å². The third kappa shape index (κ3) is 2.79. The molecule has 1 heterocycles. The Labute approximate surface area is 101 Å². The van der Waals surface area contributed by atoms with Crippen molar-refractivity contribution in [2.75, 3.05) is 19.3 Å². The zero-order valence-electron chi connectivity index (χ0n) is 9.61. The lowest BCUT2D eigenvalue weighted by Crippen LogP contribution is -2.28. The predicted octanol–water partition coefficient (Wildman–Crippen LogP) is 2.57. The summed E-state index contributed by atoms with van der Waals surface area (Å²) in [5.41, 5.74) is 1.12. The second-order valence-electron chi connectivity index (χ2n) is 4.11. The number of rotatable bonds is 3. The number of carbonyl (C=O) groups is 1. The molecule has 16 heavy (non-hydrogen) atoms. The largest absolute Gasteiger partial charge is 0.342 e. The number of benzene rings is 1. The molecule has 1 aromatic carbocycles. The summed E-state index contributed by atoms with van der Waals surface area (Å²) in [7, 11) is 0. The molecule has 3 heteroatoms. The van der Waals surface area contributed by atoms with Crippen LogP contribution >= 0.6 is 11.8 Å². The number of carbonyl (C=O) groups excluding carboxylic acids is 1. The minimum absolute atomic E-state index is 0.273. The van der Waals surface area contributed by atoms with Crippen molar-refractivity contribution < 1.29 is 4.79 Å². The van der Waals surface area contributed by atoms with Crippen molar-refractivity contribution in [3.63, 3.8) is 0 Å². The van der Waals surface area contributed by atoms with E-state index >= 15 is 0 Å². The van der Waals surface area contributed by atoms with E-state index in [2.05, 4.69) is 30.5 Å². The van der Waals surface area contributed by atoms with Crippen LogP contribution in [0.2, 0.25) is 0 Å². The molecular formula is C13H17NOS. The molecule has 1 aliphatic rings. The smallest absolute Gasteiger partial charge is 0.226 e. The summed E-state index contributed by atoms with van der Waals surface area (Å²) in [6, 6.07) is 8.27. The molecule has 1 saturated heterocycles. The van der Waals surface area contributed by atoms with E-state index in [-0.39, 0.29) is 5.91 Å². The summed E-state index contributed by atoms with van der Waals surface area (Å²) < 4.78 is 0. The number of likely N-dealkylation sites (tertiary alicyclic amines) is 1. The lowest BCUT2D eigenvalue weighted by atomic mass is 10.1. The molecule has 0 atom stereocenters. The molecule has 0 aromatic heterocycles. The summed E-state index contributed by atoms with van der Waals surface area (Å²) in [5.74, 6) is 0.273. The first-order chi connectivity index (χ1) is 7.79. The van der Waals surface area contributed by atoms with E-state index < -0.39 is 0 Å². The summed E-state index contributed by atoms with van der Waals surface area (Å²) in [6.07, 6.45) is 4.94. The lowest BCUT2D eigenvalue weighted by molar-refractivity contribution is -0.129. The number of thioether (sulfide) groups is 1. The Morgan fingerprint density at radius 1 is 1.25 bits per heavy atom. The van der Waals surface area contributed by atoms with Gasteiger partial charge in [-0.05, 0) is 36.8 Å². The van der Waals surface area contributed by atoms with Gasteiger partial charge in [0, 0.05) is 18.0 Å². The molecule has 2 rings (SSSR count). The standard InChI is InChI=1S/C13H17NOS/c1-16-12-6-4-11(5-7-12)10-13(15)14-8-2-3-9-14/h4-7H,2-3,8-10H2,1H3. The van der Waals surface area contributed by atoms with E-state index in [1.165, 1.54) is 4.90 Å². The van der Waals surface area contributed by atoms with Gasteiger partial charge in [-0.15, -0.1) is 11.8 Å². The van der Waals surface area contributed by atoms with Gasteiger partial charge in [-0.25, -0.2) is 0 Å². The van der Waals surface area contributed by atoms with Gasteiger partial charge in [0.2, 0.25) is 5.91 Å². The van der Waals surface area contributed by atoms with E-state index in [4.69, 9.17) is 0 Å². The maximum atomic E-state index is 11.9. The second kappa shape index (κ2) is 5.39. The monoisotopic (exact) mass is 235 g/mol. The fraction of sp³-hybridized carbons (Fsp3) is 0.462. The highest BCUT2D eigenvalue weighted by Gasteiger charge is 2.17. The van der Waals surface area contributed by atoms with Crippen molar-refractivity contribution in [1.82, 2.24) is 4.90 Å². The SMILES string of the molecule is CSc1ccc(CC(=O)N2CCCC2)cc1. The van der Waals surface area contributed by atoms with Crippen molar-refractivity contribution in [2.24, 2.45) is 0 Å². The first-order valence-corrected chi connectivity index (χ1v) is 6.93. The molecule has 1 fully saturated rings. The zero-order valence-corrected chi connectivity index (χ0v) is 10.4. The van der Waals surface area contributed by atoms with E-state index in [0.717, 1.165) is 31.5 Å². The summed E-state index contributed by atoms with van der Waals surface area (Å²) in [6.45, 7) is 1.89. The van der Waals surface area contributed by atoms with Gasteiger partial charge in [0.05, 0.1) is 6.42 Å². The average molecular weight is 235 g/mol. The van der Waals surface area contributed by atoms with Crippen LogP contribution in [-0.4, -0.2) is 30.2 Å². The van der Waals surface area contributed by atoms with Crippen LogP contribution in [0.5, 0.6) is 0 Å². The molecule has 2 nitrogen and oxygen atoms in total. The van der Waals surface area contributed by atoms with Crippen molar-refractivity contribution in [3.8, 4) is 0 Å². The zero-order chi connectivity index (χ0) is 11.4. The Balaban J connectivity index is 1.94. The highest BCUT2D eigenvalue weighted by Crippen LogP contribution is 2.16. The number of hydrogen-bond donors (Lipinski definition) is 0. The Bertz CT molecular complexity index is 355. The topological polar surface area (TPSA) is 20.3 Å². The Morgan fingerprint density at radius 2 is 1.88 bits per heavy atom. The Kier molecular flexibility index (Phi) is 3.88. The molecule has 0 unspecified atom stereocenters. The van der Waals surface area contributed by atoms with Crippen LogP contribution in [-0.2, 0) is 11.2 Å². The normalized spacial score (nSPS) is 15.4. The van der Waals surface area contributed by atoms with Crippen LogP contribution in [0, 0.1) is 0 Å². The van der Waals surface area contributed by atoms with E-state index in [0.29, 0.717) is 6.42 Å². The van der Waals surface area contributed by atoms with Crippen LogP contribution in [0.25, 0.3) is 0 Å². The van der Waals surface area contributed by atoms with Crippen LogP contribution < -0.4 is 0 Å². The lowest BCUT2D eigenvalue weighted by Gasteiger charge is -2.15. The summed E-state index contributed by atoms with van der Waals surface area (Å²) in [5, 5.41) is 0. The van der Waals surface area contributed by atoms with Crippen molar-refractivity contribution >= 4 is 17.7 Å². The first kappa shape index (κ1) is 11.5. The molecule has 0 N–H and O–H groups in total. The fourth-order valence-corrected chi connectivity index (χ4v) is 2.40. The van der Waals surface area contributed by atoms with Gasteiger partial charge in [-0.3, -0.25) is 4.79 Å². The minimum atomic E-state index is 0.273. The van der Waals surface area contributed by atoms with Crippen LogP contribution in [0.3, 0.4) is 0 Å². The number of hydrogen-bond acceptors (Lipinski definition) is 2. The molecule has 1 amide bonds. The molecule has 86 valence electrons. The van der Waals surface area contributed by atoms with Gasteiger partial charge >= 0.3 is 0 Å². The van der Waals surface area contributed by atoms with Gasteiger partial charge in [0.1, 0.15) is 0 Å². The third-order valence-electron chi connectivity index (χ3n) is 2.97. The highest BCUT2D eigenvalue weighted by atomic mass is 32.2. The third-order valence-corrected chi connectivity index (χ3v) is 3.72. The van der Waals surface area contributed by atoms with Gasteiger partial charge in [-0.1, -0.05) is 12.1 Å². The molecule has 1 aromatic rings. The summed E-state index contributed by atoms with van der Waals surface area (Å²) in [4.78, 5) is 15.1. The molecule has 0 aliphatic carbocycles. The first-order valence-electron chi connectivity index (χ1n) is 5.70. The quantitative estimate of drug-likeness (QED) is 0.751. The minimum Gasteiger partial charge on any atom is -0.342 e. The molecule has 0 radical (unpaired) electrons. The molecule has 0 bridgehead atoms. The summed E-state index contributed by atoms with van der Waals surface area (Å²) >= 11 is 1.73. The van der Waals surface area contributed by atoms with Crippen LogP contribution in [0.15, 0.2) is 29.2 Å². The highest BCUT2D eigenvalue weighted by molar-refractivity contribution is 7.98. The average Bonchev–Trinajstić information content (AvgIpc) is 2.83. The van der Waals surface area contributed by atoms with Crippen molar-refractivity contribution in [3.05, 3.63) is 29.8 Å². The van der Waals surface area contributed by atoms with Gasteiger partial charge < -0.3 is 4.90 Å². The molecule has 0 spiro atoms. The van der Waals surface area contributed by atoms with Crippen molar-refractivity contribution in [2.45, 2.75) is 24.2 Å². The Morgan fingerprint density at radius 3 is 2.44 bits per heavy atom. The van der Waals surface area contributed by atoms with Gasteiger partial charge in [0.25, 0.3) is 0 Å². The molecular weight excluding hydrogens is 218 g/mol. The number of amides is 1. The number of nitrogens with zero attached hydrogens (tertiary/aromatic N) is 1. The van der Waals surface area contributed by atoms with E-state index in [9.17, 15) is 4.79 Å². The predicted molar refractivity (Wildman–Crippen MR) is 67.7 cm³/mol. The Hall–Kier alpha value is -0.960. The second-order valence-corrected chi connectivity index (χ2v) is 4.99. The van der Waals surface area contributed by atoms with Crippen LogP contribution in [0.4, 0.5) is 0 Å². The van der Waals surface area contributed by atoms with E-state index in [1.54, 1.807) is 11.8 Å². The van der Waals surface area contributed by atoms with Gasteiger partial charge in [0.15, 0.2) is 0 Å².